The van der Waals surface area contributed by atoms with Crippen LogP contribution in [0.3, 0.4) is 0 Å². The molecule has 3 heterocycles. The van der Waals surface area contributed by atoms with E-state index >= 15 is 0 Å². The van der Waals surface area contributed by atoms with Crippen LogP contribution in [0.5, 0.6) is 23.0 Å². The molecule has 0 aliphatic carbocycles. The molecule has 230 valence electrons. The smallest absolute Gasteiger partial charge is 0.334 e. The summed E-state index contributed by atoms with van der Waals surface area (Å²) in [7, 11) is 1.59. The molecule has 2 aromatic heterocycles. The predicted octanol–water partition coefficient (Wildman–Crippen LogP) is 6.09. The summed E-state index contributed by atoms with van der Waals surface area (Å²) in [6, 6.07) is 17.0. The first-order chi connectivity index (χ1) is 21.6. The zero-order chi connectivity index (χ0) is 30.7. The molecule has 0 spiro atoms. The fraction of sp³-hybridized carbons (Fsp3) is 0.324. The Morgan fingerprint density at radius 2 is 1.86 bits per heavy atom. The Morgan fingerprint density at radius 1 is 1.05 bits per heavy atom. The van der Waals surface area contributed by atoms with Gasteiger partial charge in [-0.15, -0.1) is 0 Å². The number of ether oxygens (including phenoxy) is 6. The van der Waals surface area contributed by atoms with Gasteiger partial charge in [0.15, 0.2) is 18.3 Å². The molecule has 1 aliphatic heterocycles. The molecular weight excluding hydrogens is 562 g/mol. The van der Waals surface area contributed by atoms with E-state index in [2.05, 4.69) is 16.5 Å². The number of imidazole rings is 1. The number of nitrogens with zero attached hydrogens (tertiary/aromatic N) is 3. The third-order valence-electron chi connectivity index (χ3n) is 7.01. The van der Waals surface area contributed by atoms with Crippen molar-refractivity contribution < 1.29 is 33.2 Å². The molecule has 10 heteroatoms. The summed E-state index contributed by atoms with van der Waals surface area (Å²) >= 11 is 0. The lowest BCUT2D eigenvalue weighted by Crippen LogP contribution is -2.11. The Bertz CT molecular complexity index is 1570. The topological polar surface area (TPSA) is 103 Å². The van der Waals surface area contributed by atoms with Crippen LogP contribution >= 0.6 is 0 Å². The van der Waals surface area contributed by atoms with Crippen molar-refractivity contribution in [3.63, 3.8) is 0 Å². The monoisotopic (exact) mass is 599 g/mol. The summed E-state index contributed by atoms with van der Waals surface area (Å²) in [5.74, 6) is 2.97. The van der Waals surface area contributed by atoms with E-state index < -0.39 is 5.97 Å². The standard InChI is InChI=1S/C34H37N3O7/c1-4-6-10-33-36-20-28(37(33)27-11-13-29(14-12-27)42-22-40-21-26-9-7-8-15-35-26)17-25(34(38)41-5-2)16-24-18-31-32(44-23-43-31)19-30(24)39-3/h7-9,11-15,17-20H,4-6,10,16,21-23H2,1-3H3/b25-17+. The molecule has 0 saturated carbocycles. The maximum atomic E-state index is 13.2. The van der Waals surface area contributed by atoms with Crippen molar-refractivity contribution in [3.05, 3.63) is 95.3 Å². The van der Waals surface area contributed by atoms with E-state index in [4.69, 9.17) is 33.4 Å². The lowest BCUT2D eigenvalue weighted by molar-refractivity contribution is -0.138. The summed E-state index contributed by atoms with van der Waals surface area (Å²) in [6.07, 6.45) is 8.41. The van der Waals surface area contributed by atoms with Crippen LogP contribution in [0.1, 0.15) is 49.5 Å². The SMILES string of the molecule is CCCCc1ncc(/C=C(\Cc2cc3c(cc2OC)OCO3)C(=O)OCC)n1-c1ccc(OCOCc2ccccn2)cc1. The van der Waals surface area contributed by atoms with Crippen molar-refractivity contribution >= 4 is 12.0 Å². The van der Waals surface area contributed by atoms with E-state index in [1.807, 2.05) is 54.6 Å². The molecule has 0 unspecified atom stereocenters. The second kappa shape index (κ2) is 15.1. The van der Waals surface area contributed by atoms with E-state index in [0.29, 0.717) is 35.2 Å². The number of fused-ring (bicyclic) bond motifs is 1. The Balaban J connectivity index is 1.40. The van der Waals surface area contributed by atoms with Crippen LogP contribution in [0.2, 0.25) is 0 Å². The van der Waals surface area contributed by atoms with Crippen LogP contribution in [0.25, 0.3) is 11.8 Å². The van der Waals surface area contributed by atoms with E-state index in [1.165, 1.54) is 0 Å². The highest BCUT2D eigenvalue weighted by Gasteiger charge is 2.22. The van der Waals surface area contributed by atoms with Crippen molar-refractivity contribution in [1.29, 1.82) is 0 Å². The highest BCUT2D eigenvalue weighted by Crippen LogP contribution is 2.39. The Hall–Kier alpha value is -4.83. The van der Waals surface area contributed by atoms with Crippen LogP contribution in [0, 0.1) is 0 Å². The number of esters is 1. The molecule has 0 bridgehead atoms. The van der Waals surface area contributed by atoms with Gasteiger partial charge in [0.2, 0.25) is 6.79 Å². The molecule has 0 radical (unpaired) electrons. The number of aryl methyl sites for hydroxylation is 1. The van der Waals surface area contributed by atoms with Crippen molar-refractivity contribution in [1.82, 2.24) is 14.5 Å². The molecule has 0 atom stereocenters. The van der Waals surface area contributed by atoms with E-state index in [-0.39, 0.29) is 26.6 Å². The molecule has 5 rings (SSSR count). The molecule has 2 aromatic carbocycles. The summed E-state index contributed by atoms with van der Waals surface area (Å²) < 4.78 is 35.6. The summed E-state index contributed by atoms with van der Waals surface area (Å²) in [4.78, 5) is 22.2. The van der Waals surface area contributed by atoms with Crippen LogP contribution < -0.4 is 18.9 Å². The molecule has 0 N–H and O–H groups in total. The van der Waals surface area contributed by atoms with Gasteiger partial charge in [-0.3, -0.25) is 9.55 Å². The summed E-state index contributed by atoms with van der Waals surface area (Å²) in [5, 5.41) is 0. The third-order valence-corrected chi connectivity index (χ3v) is 7.01. The number of carbonyl (C=O) groups excluding carboxylic acids is 1. The van der Waals surface area contributed by atoms with Gasteiger partial charge in [-0.1, -0.05) is 19.4 Å². The molecule has 4 aromatic rings. The molecule has 0 saturated heterocycles. The van der Waals surface area contributed by atoms with Crippen LogP contribution in [-0.2, 0) is 33.7 Å². The van der Waals surface area contributed by atoms with Gasteiger partial charge in [0.25, 0.3) is 0 Å². The van der Waals surface area contributed by atoms with Gasteiger partial charge in [-0.25, -0.2) is 9.78 Å². The number of hydrogen-bond acceptors (Lipinski definition) is 9. The lowest BCUT2D eigenvalue weighted by Gasteiger charge is -2.14. The molecule has 44 heavy (non-hydrogen) atoms. The van der Waals surface area contributed by atoms with Crippen LogP contribution in [-0.4, -0.2) is 47.8 Å². The minimum atomic E-state index is -0.412. The second-order valence-corrected chi connectivity index (χ2v) is 10.0. The minimum Gasteiger partial charge on any atom is -0.496 e. The first-order valence-corrected chi connectivity index (χ1v) is 14.7. The maximum Gasteiger partial charge on any atom is 0.334 e. The van der Waals surface area contributed by atoms with Gasteiger partial charge in [0, 0.05) is 41.9 Å². The van der Waals surface area contributed by atoms with E-state index in [0.717, 1.165) is 47.7 Å². The second-order valence-electron chi connectivity index (χ2n) is 10.0. The van der Waals surface area contributed by atoms with E-state index in [1.54, 1.807) is 32.5 Å². The first kappa shape index (κ1) is 30.6. The molecule has 1 aliphatic rings. The molecule has 10 nitrogen and oxygen atoms in total. The van der Waals surface area contributed by atoms with Gasteiger partial charge in [-0.05, 0) is 61.9 Å². The average molecular weight is 600 g/mol. The highest BCUT2D eigenvalue weighted by atomic mass is 16.7. The van der Waals surface area contributed by atoms with Crippen LogP contribution in [0.4, 0.5) is 0 Å². The highest BCUT2D eigenvalue weighted by molar-refractivity contribution is 5.94. The molecule has 0 amide bonds. The van der Waals surface area contributed by atoms with Crippen molar-refractivity contribution in [2.75, 3.05) is 27.3 Å². The maximum absolute atomic E-state index is 13.2. The third kappa shape index (κ3) is 7.57. The van der Waals surface area contributed by atoms with E-state index in [9.17, 15) is 4.79 Å². The largest absolute Gasteiger partial charge is 0.496 e. The number of rotatable bonds is 15. The number of unbranched alkanes of at least 4 members (excludes halogenated alkanes) is 1. The fourth-order valence-electron chi connectivity index (χ4n) is 4.83. The van der Waals surface area contributed by atoms with Gasteiger partial charge in [0.1, 0.15) is 17.3 Å². The van der Waals surface area contributed by atoms with Gasteiger partial charge >= 0.3 is 5.97 Å². The van der Waals surface area contributed by atoms with Crippen molar-refractivity contribution in [3.8, 4) is 28.7 Å². The van der Waals surface area contributed by atoms with Gasteiger partial charge in [0.05, 0.1) is 37.9 Å². The number of pyridine rings is 1. The van der Waals surface area contributed by atoms with Gasteiger partial charge < -0.3 is 28.4 Å². The normalized spacial score (nSPS) is 12.3. The molecule has 0 fully saturated rings. The average Bonchev–Trinajstić information content (AvgIpc) is 3.68. The number of benzene rings is 2. The quantitative estimate of drug-likeness (QED) is 0.0695. The zero-order valence-electron chi connectivity index (χ0n) is 25.3. The number of methoxy groups -OCH3 is 1. The Kier molecular flexibility index (Phi) is 10.5. The predicted molar refractivity (Wildman–Crippen MR) is 164 cm³/mol. The Labute approximate surface area is 257 Å². The van der Waals surface area contributed by atoms with Crippen LogP contribution in [0.15, 0.2) is 72.6 Å². The Morgan fingerprint density at radius 3 is 2.59 bits per heavy atom. The van der Waals surface area contributed by atoms with Crippen molar-refractivity contribution in [2.45, 2.75) is 46.1 Å². The van der Waals surface area contributed by atoms with Gasteiger partial charge in [-0.2, -0.15) is 0 Å². The number of aromatic nitrogens is 3. The van der Waals surface area contributed by atoms with Crippen molar-refractivity contribution in [2.24, 2.45) is 0 Å². The first-order valence-electron chi connectivity index (χ1n) is 14.7. The zero-order valence-corrected chi connectivity index (χ0v) is 25.3. The minimum absolute atomic E-state index is 0.100. The lowest BCUT2D eigenvalue weighted by atomic mass is 10.0. The summed E-state index contributed by atoms with van der Waals surface area (Å²) in [6.45, 7) is 4.80. The number of hydrogen-bond donors (Lipinski definition) is 0. The number of carbonyl (C=O) groups is 1. The molecular formula is C34H37N3O7. The summed E-state index contributed by atoms with van der Waals surface area (Å²) in [5.41, 5.74) is 3.72. The fourth-order valence-corrected chi connectivity index (χ4v) is 4.83.